The largest absolute Gasteiger partial charge is 0.352 e. The average Bonchev–Trinajstić information content (AvgIpc) is 3.21. The minimum atomic E-state index is -0.00798. The van der Waals surface area contributed by atoms with E-state index in [4.69, 9.17) is 21.6 Å². The van der Waals surface area contributed by atoms with Crippen LogP contribution in [0.15, 0.2) is 30.5 Å². The number of rotatable bonds is 6. The van der Waals surface area contributed by atoms with Gasteiger partial charge in [-0.2, -0.15) is 5.10 Å². The summed E-state index contributed by atoms with van der Waals surface area (Å²) in [5.41, 5.74) is 1.65. The number of aromatic nitrogens is 4. The quantitative estimate of drug-likeness (QED) is 0.609. The fourth-order valence-corrected chi connectivity index (χ4v) is 4.07. The second-order valence-corrected chi connectivity index (χ2v) is 8.92. The van der Waals surface area contributed by atoms with Crippen molar-refractivity contribution in [2.24, 2.45) is 5.92 Å². The molecule has 0 unspecified atom stereocenters. The van der Waals surface area contributed by atoms with Crippen LogP contribution in [0.4, 0.5) is 10.6 Å². The summed E-state index contributed by atoms with van der Waals surface area (Å²) in [7, 11) is 0. The van der Waals surface area contributed by atoms with Gasteiger partial charge < -0.3 is 15.1 Å². The van der Waals surface area contributed by atoms with Crippen molar-refractivity contribution >= 4 is 34.5 Å². The van der Waals surface area contributed by atoms with E-state index in [1.165, 1.54) is 0 Å². The van der Waals surface area contributed by atoms with E-state index in [1.807, 2.05) is 47.0 Å². The molecule has 0 spiro atoms. The standard InChI is InChI=1S/C23H30ClN7O/c1-4-25-23(32)30-12-10-29(11-13-30)21-19-15-26-31(18-7-5-6-17(24)14-18)22(19)28-20(27-21)9-8-16(2)3/h5-7,14-16H,4,8-13H2,1-3H3,(H,25,32). The van der Waals surface area contributed by atoms with Crippen LogP contribution in [0.1, 0.15) is 33.0 Å². The van der Waals surface area contributed by atoms with Gasteiger partial charge in [-0.3, -0.25) is 0 Å². The van der Waals surface area contributed by atoms with Gasteiger partial charge in [-0.15, -0.1) is 0 Å². The molecule has 1 aliphatic heterocycles. The van der Waals surface area contributed by atoms with E-state index in [9.17, 15) is 4.79 Å². The highest BCUT2D eigenvalue weighted by Gasteiger charge is 2.25. The number of nitrogens with one attached hydrogen (secondary N) is 1. The summed E-state index contributed by atoms with van der Waals surface area (Å²) in [5.74, 6) is 2.27. The third-order valence-corrected chi connectivity index (χ3v) is 5.88. The smallest absolute Gasteiger partial charge is 0.317 e. The number of aryl methyl sites for hydroxylation is 1. The Hall–Kier alpha value is -2.87. The topological polar surface area (TPSA) is 79.2 Å². The van der Waals surface area contributed by atoms with E-state index in [1.54, 1.807) is 0 Å². The average molecular weight is 456 g/mol. The number of halogens is 1. The minimum absolute atomic E-state index is 0.00798. The molecule has 8 nitrogen and oxygen atoms in total. The maximum atomic E-state index is 12.2. The second kappa shape index (κ2) is 9.73. The van der Waals surface area contributed by atoms with E-state index < -0.39 is 0 Å². The van der Waals surface area contributed by atoms with Crippen LogP contribution in [-0.4, -0.2) is 63.4 Å². The number of fused-ring (bicyclic) bond motifs is 1. The van der Waals surface area contributed by atoms with Crippen molar-refractivity contribution in [1.82, 2.24) is 30.0 Å². The molecule has 3 heterocycles. The number of hydrogen-bond acceptors (Lipinski definition) is 5. The first-order valence-electron chi connectivity index (χ1n) is 11.2. The second-order valence-electron chi connectivity index (χ2n) is 8.48. The van der Waals surface area contributed by atoms with Crippen molar-refractivity contribution in [2.75, 3.05) is 37.6 Å². The molecule has 1 aromatic carbocycles. The SMILES string of the molecule is CCNC(=O)N1CCN(c2nc(CCC(C)C)nc3c2cnn3-c2cccc(Cl)c2)CC1. The predicted molar refractivity (Wildman–Crippen MR) is 128 cm³/mol. The molecule has 0 aliphatic carbocycles. The lowest BCUT2D eigenvalue weighted by molar-refractivity contribution is 0.195. The third-order valence-electron chi connectivity index (χ3n) is 5.65. The van der Waals surface area contributed by atoms with Crippen LogP contribution in [0.5, 0.6) is 0 Å². The van der Waals surface area contributed by atoms with Crippen LogP contribution < -0.4 is 10.2 Å². The molecule has 2 amide bonds. The Morgan fingerprint density at radius 2 is 1.97 bits per heavy atom. The molecule has 4 rings (SSSR count). The van der Waals surface area contributed by atoms with Gasteiger partial charge in [-0.1, -0.05) is 31.5 Å². The molecule has 170 valence electrons. The third kappa shape index (κ3) is 4.80. The minimum Gasteiger partial charge on any atom is -0.352 e. The number of amides is 2. The van der Waals surface area contributed by atoms with Crippen LogP contribution in [-0.2, 0) is 6.42 Å². The van der Waals surface area contributed by atoms with Crippen molar-refractivity contribution in [3.05, 3.63) is 41.3 Å². The summed E-state index contributed by atoms with van der Waals surface area (Å²) in [6.45, 7) is 9.72. The van der Waals surface area contributed by atoms with Crippen molar-refractivity contribution in [3.8, 4) is 5.69 Å². The number of piperazine rings is 1. The van der Waals surface area contributed by atoms with Crippen LogP contribution in [0, 0.1) is 5.92 Å². The molecule has 0 atom stereocenters. The lowest BCUT2D eigenvalue weighted by Gasteiger charge is -2.35. The van der Waals surface area contributed by atoms with Gasteiger partial charge in [0.05, 0.1) is 17.3 Å². The van der Waals surface area contributed by atoms with Gasteiger partial charge in [0.1, 0.15) is 11.6 Å². The normalized spacial score (nSPS) is 14.4. The number of urea groups is 1. The van der Waals surface area contributed by atoms with Crippen LogP contribution in [0.2, 0.25) is 5.02 Å². The van der Waals surface area contributed by atoms with Gasteiger partial charge in [0.15, 0.2) is 5.65 Å². The Balaban J connectivity index is 1.69. The van der Waals surface area contributed by atoms with Gasteiger partial charge in [0.25, 0.3) is 0 Å². The number of carbonyl (C=O) groups is 1. The summed E-state index contributed by atoms with van der Waals surface area (Å²) in [4.78, 5) is 26.1. The molecule has 1 N–H and O–H groups in total. The first kappa shape index (κ1) is 22.3. The molecule has 1 saturated heterocycles. The summed E-state index contributed by atoms with van der Waals surface area (Å²) >= 11 is 6.22. The lowest BCUT2D eigenvalue weighted by Crippen LogP contribution is -2.52. The van der Waals surface area contributed by atoms with Crippen molar-refractivity contribution in [3.63, 3.8) is 0 Å². The number of anilines is 1. The van der Waals surface area contributed by atoms with E-state index in [2.05, 4.69) is 29.2 Å². The Morgan fingerprint density at radius 1 is 1.19 bits per heavy atom. The zero-order valence-electron chi connectivity index (χ0n) is 18.9. The van der Waals surface area contributed by atoms with Gasteiger partial charge in [0.2, 0.25) is 0 Å². The lowest BCUT2D eigenvalue weighted by atomic mass is 10.1. The zero-order chi connectivity index (χ0) is 22.7. The monoisotopic (exact) mass is 455 g/mol. The van der Waals surface area contributed by atoms with Crippen LogP contribution in [0.25, 0.3) is 16.7 Å². The van der Waals surface area contributed by atoms with Gasteiger partial charge in [-0.05, 0) is 37.5 Å². The summed E-state index contributed by atoms with van der Waals surface area (Å²) in [6, 6.07) is 7.60. The summed E-state index contributed by atoms with van der Waals surface area (Å²) in [5, 5.41) is 9.06. The molecule has 32 heavy (non-hydrogen) atoms. The Morgan fingerprint density at radius 3 is 2.66 bits per heavy atom. The van der Waals surface area contributed by atoms with E-state index in [-0.39, 0.29) is 6.03 Å². The molecule has 2 aromatic heterocycles. The molecule has 3 aromatic rings. The van der Waals surface area contributed by atoms with E-state index in [0.29, 0.717) is 30.6 Å². The van der Waals surface area contributed by atoms with Crippen molar-refractivity contribution in [2.45, 2.75) is 33.6 Å². The first-order valence-corrected chi connectivity index (χ1v) is 11.6. The predicted octanol–water partition coefficient (Wildman–Crippen LogP) is 3.91. The maximum Gasteiger partial charge on any atom is 0.317 e. The van der Waals surface area contributed by atoms with Crippen LogP contribution in [0.3, 0.4) is 0 Å². The van der Waals surface area contributed by atoms with Crippen molar-refractivity contribution in [1.29, 1.82) is 0 Å². The Labute approximate surface area is 193 Å². The van der Waals surface area contributed by atoms with Gasteiger partial charge >= 0.3 is 6.03 Å². The highest BCUT2D eigenvalue weighted by Crippen LogP contribution is 2.28. The van der Waals surface area contributed by atoms with E-state index in [0.717, 1.165) is 54.3 Å². The van der Waals surface area contributed by atoms with Crippen molar-refractivity contribution < 1.29 is 4.79 Å². The number of carbonyl (C=O) groups excluding carboxylic acids is 1. The molecule has 0 saturated carbocycles. The summed E-state index contributed by atoms with van der Waals surface area (Å²) in [6.07, 6.45) is 3.65. The first-order chi connectivity index (χ1) is 15.5. The summed E-state index contributed by atoms with van der Waals surface area (Å²) < 4.78 is 1.83. The molecular weight excluding hydrogens is 426 g/mol. The van der Waals surface area contributed by atoms with Gasteiger partial charge in [-0.25, -0.2) is 19.4 Å². The highest BCUT2D eigenvalue weighted by atomic mass is 35.5. The molecule has 1 fully saturated rings. The zero-order valence-corrected chi connectivity index (χ0v) is 19.6. The molecule has 1 aliphatic rings. The number of benzene rings is 1. The molecule has 9 heteroatoms. The Kier molecular flexibility index (Phi) is 6.79. The van der Waals surface area contributed by atoms with Crippen LogP contribution >= 0.6 is 11.6 Å². The molecule has 0 radical (unpaired) electrons. The van der Waals surface area contributed by atoms with E-state index >= 15 is 0 Å². The van der Waals surface area contributed by atoms with Gasteiger partial charge in [0, 0.05) is 44.2 Å². The highest BCUT2D eigenvalue weighted by molar-refractivity contribution is 6.30. The number of nitrogens with zero attached hydrogens (tertiary/aromatic N) is 6. The fraction of sp³-hybridized carbons (Fsp3) is 0.478. The Bertz CT molecular complexity index is 1090. The maximum absolute atomic E-state index is 12.2. The molecular formula is C23H30ClN7O. The fourth-order valence-electron chi connectivity index (χ4n) is 3.89. The number of hydrogen-bond donors (Lipinski definition) is 1. The molecule has 0 bridgehead atoms.